The summed E-state index contributed by atoms with van der Waals surface area (Å²) in [6.45, 7) is -1.20. The summed E-state index contributed by atoms with van der Waals surface area (Å²) in [5.41, 5.74) is 0.787. The summed E-state index contributed by atoms with van der Waals surface area (Å²) >= 11 is 0. The molecule has 11 nitrogen and oxygen atoms in total. The molecule has 10 atom stereocenters. The Kier molecular flexibility index (Phi) is 8.12. The monoisotopic (exact) mass is 432 g/mol. The molecule has 2 aliphatic rings. The van der Waals surface area contributed by atoms with Crippen LogP contribution in [0.4, 0.5) is 0 Å². The fraction of sp³-hybridized carbons (Fsp3) is 0.684. The molecule has 7 N–H and O–H groups in total. The molecule has 0 radical (unpaired) electrons. The summed E-state index contributed by atoms with van der Waals surface area (Å²) in [7, 11) is 0. The molecule has 0 amide bonds. The van der Waals surface area contributed by atoms with E-state index in [0.717, 1.165) is 5.56 Å². The second kappa shape index (κ2) is 10.4. The van der Waals surface area contributed by atoms with E-state index in [1.54, 1.807) is 24.3 Å². The SMILES string of the molecule is OC[C@H]1O[C@@H](O[C@H]2[C@H](O)[C@@H](O)[C@H](O)O[C@@H]2CO)[C@H](O)[C@@H](OCc2ccccc2)[C@H]1O. The van der Waals surface area contributed by atoms with E-state index in [2.05, 4.69) is 0 Å². The Balaban J connectivity index is 1.73. The molecule has 2 heterocycles. The van der Waals surface area contributed by atoms with Crippen LogP contribution >= 0.6 is 0 Å². The van der Waals surface area contributed by atoms with Gasteiger partial charge >= 0.3 is 0 Å². The van der Waals surface area contributed by atoms with Gasteiger partial charge in [0.25, 0.3) is 0 Å². The van der Waals surface area contributed by atoms with Crippen molar-refractivity contribution in [2.45, 2.75) is 68.0 Å². The quantitative estimate of drug-likeness (QED) is 0.231. The lowest BCUT2D eigenvalue weighted by Crippen LogP contribution is -2.64. The van der Waals surface area contributed by atoms with E-state index >= 15 is 0 Å². The summed E-state index contributed by atoms with van der Waals surface area (Å²) in [5.74, 6) is 0. The van der Waals surface area contributed by atoms with Crippen LogP contribution in [-0.4, -0.2) is 110 Å². The highest BCUT2D eigenvalue weighted by molar-refractivity contribution is 5.13. The average Bonchev–Trinajstić information content (AvgIpc) is 2.76. The van der Waals surface area contributed by atoms with Crippen molar-refractivity contribution in [1.82, 2.24) is 0 Å². The molecule has 0 aliphatic carbocycles. The van der Waals surface area contributed by atoms with Crippen molar-refractivity contribution >= 4 is 0 Å². The third-order valence-electron chi connectivity index (χ3n) is 5.24. The Labute approximate surface area is 172 Å². The normalized spacial score (nSPS) is 42.2. The number of aliphatic hydroxyl groups is 7. The van der Waals surface area contributed by atoms with E-state index in [1.807, 2.05) is 6.07 Å². The number of benzene rings is 1. The first kappa shape index (κ1) is 23.4. The van der Waals surface area contributed by atoms with E-state index in [-0.39, 0.29) is 6.61 Å². The Morgan fingerprint density at radius 3 is 2.03 bits per heavy atom. The lowest BCUT2D eigenvalue weighted by atomic mass is 9.97. The minimum Gasteiger partial charge on any atom is -0.394 e. The zero-order valence-corrected chi connectivity index (χ0v) is 16.0. The molecule has 3 rings (SSSR count). The van der Waals surface area contributed by atoms with Gasteiger partial charge in [0.1, 0.15) is 48.8 Å². The van der Waals surface area contributed by atoms with Crippen LogP contribution in [0.3, 0.4) is 0 Å². The van der Waals surface area contributed by atoms with Gasteiger partial charge in [0, 0.05) is 0 Å². The van der Waals surface area contributed by atoms with Crippen molar-refractivity contribution in [1.29, 1.82) is 0 Å². The van der Waals surface area contributed by atoms with Gasteiger partial charge in [-0.05, 0) is 5.56 Å². The number of hydrogen-bond acceptors (Lipinski definition) is 11. The summed E-state index contributed by atoms with van der Waals surface area (Å²) in [5, 5.41) is 69.7. The molecular weight excluding hydrogens is 404 g/mol. The summed E-state index contributed by atoms with van der Waals surface area (Å²) < 4.78 is 21.6. The Morgan fingerprint density at radius 1 is 0.733 bits per heavy atom. The summed E-state index contributed by atoms with van der Waals surface area (Å²) in [6, 6.07) is 9.02. The molecule has 2 aliphatic heterocycles. The zero-order chi connectivity index (χ0) is 21.8. The minimum absolute atomic E-state index is 0.0594. The van der Waals surface area contributed by atoms with Gasteiger partial charge in [0.2, 0.25) is 0 Å². The predicted molar refractivity (Wildman–Crippen MR) is 97.6 cm³/mol. The lowest BCUT2D eigenvalue weighted by Gasteiger charge is -2.46. The second-order valence-electron chi connectivity index (χ2n) is 7.30. The van der Waals surface area contributed by atoms with Crippen LogP contribution in [0.25, 0.3) is 0 Å². The predicted octanol–water partition coefficient (Wildman–Crippen LogP) is -3.17. The first-order chi connectivity index (χ1) is 14.4. The highest BCUT2D eigenvalue weighted by Gasteiger charge is 2.50. The van der Waals surface area contributed by atoms with Crippen LogP contribution < -0.4 is 0 Å². The Hall–Kier alpha value is -1.22. The molecule has 0 spiro atoms. The molecule has 170 valence electrons. The number of aliphatic hydroxyl groups excluding tert-OH is 7. The van der Waals surface area contributed by atoms with Gasteiger partial charge in [0.15, 0.2) is 12.6 Å². The Bertz CT molecular complexity index is 645. The average molecular weight is 432 g/mol. The maximum absolute atomic E-state index is 10.7. The van der Waals surface area contributed by atoms with Crippen molar-refractivity contribution in [3.05, 3.63) is 35.9 Å². The van der Waals surface area contributed by atoms with Crippen LogP contribution in [0, 0.1) is 0 Å². The molecule has 30 heavy (non-hydrogen) atoms. The first-order valence-corrected chi connectivity index (χ1v) is 9.61. The fourth-order valence-electron chi connectivity index (χ4n) is 3.52. The van der Waals surface area contributed by atoms with Gasteiger partial charge in [-0.25, -0.2) is 0 Å². The highest BCUT2D eigenvalue weighted by atomic mass is 16.7. The van der Waals surface area contributed by atoms with Crippen molar-refractivity contribution in [2.24, 2.45) is 0 Å². The molecule has 0 saturated carbocycles. The van der Waals surface area contributed by atoms with Crippen LogP contribution in [0.1, 0.15) is 5.56 Å². The van der Waals surface area contributed by atoms with Gasteiger partial charge in [-0.1, -0.05) is 30.3 Å². The smallest absolute Gasteiger partial charge is 0.187 e. The molecule has 11 heteroatoms. The van der Waals surface area contributed by atoms with E-state index < -0.39 is 74.6 Å². The lowest BCUT2D eigenvalue weighted by molar-refractivity contribution is -0.358. The zero-order valence-electron chi connectivity index (χ0n) is 16.0. The Morgan fingerprint density at radius 2 is 1.40 bits per heavy atom. The third-order valence-corrected chi connectivity index (χ3v) is 5.24. The van der Waals surface area contributed by atoms with E-state index in [9.17, 15) is 35.7 Å². The first-order valence-electron chi connectivity index (χ1n) is 9.61. The van der Waals surface area contributed by atoms with Crippen molar-refractivity contribution < 1.29 is 54.7 Å². The van der Waals surface area contributed by atoms with Gasteiger partial charge < -0.3 is 54.7 Å². The van der Waals surface area contributed by atoms with E-state index in [4.69, 9.17) is 18.9 Å². The number of hydrogen-bond donors (Lipinski definition) is 7. The maximum Gasteiger partial charge on any atom is 0.187 e. The minimum atomic E-state index is -1.73. The highest BCUT2D eigenvalue weighted by Crippen LogP contribution is 2.30. The van der Waals surface area contributed by atoms with Gasteiger partial charge in [0.05, 0.1) is 19.8 Å². The van der Waals surface area contributed by atoms with Crippen molar-refractivity contribution in [3.8, 4) is 0 Å². The topological polar surface area (TPSA) is 179 Å². The van der Waals surface area contributed by atoms with Gasteiger partial charge in [-0.2, -0.15) is 0 Å². The third kappa shape index (κ3) is 4.98. The summed E-state index contributed by atoms with van der Waals surface area (Å²) in [4.78, 5) is 0. The van der Waals surface area contributed by atoms with Gasteiger partial charge in [-0.15, -0.1) is 0 Å². The van der Waals surface area contributed by atoms with Crippen LogP contribution in [0.15, 0.2) is 30.3 Å². The molecular formula is C19H28O11. The van der Waals surface area contributed by atoms with E-state index in [1.165, 1.54) is 0 Å². The fourth-order valence-corrected chi connectivity index (χ4v) is 3.52. The van der Waals surface area contributed by atoms with Crippen LogP contribution in [0.5, 0.6) is 0 Å². The molecule has 1 aromatic carbocycles. The molecule has 1 aromatic rings. The van der Waals surface area contributed by atoms with E-state index in [0.29, 0.717) is 0 Å². The van der Waals surface area contributed by atoms with Crippen molar-refractivity contribution in [2.75, 3.05) is 13.2 Å². The number of rotatable bonds is 7. The van der Waals surface area contributed by atoms with Gasteiger partial charge in [-0.3, -0.25) is 0 Å². The molecule has 2 fully saturated rings. The summed E-state index contributed by atoms with van der Waals surface area (Å²) in [6.07, 6.45) is -14.5. The van der Waals surface area contributed by atoms with Crippen molar-refractivity contribution in [3.63, 3.8) is 0 Å². The standard InChI is InChI=1S/C19H28O11/c20-6-10-12(22)17(27-8-9-4-2-1-3-5-9)15(25)19(29-10)30-16-11(7-21)28-18(26)14(24)13(16)23/h1-5,10-26H,6-8H2/t10-,11-,12+,13-,14-,15-,16-,17+,18-,19+/m1/s1. The van der Waals surface area contributed by atoms with Crippen LogP contribution in [-0.2, 0) is 25.6 Å². The molecule has 0 bridgehead atoms. The maximum atomic E-state index is 10.7. The second-order valence-corrected chi connectivity index (χ2v) is 7.30. The molecule has 2 saturated heterocycles. The van der Waals surface area contributed by atoms with Crippen LogP contribution in [0.2, 0.25) is 0 Å². The largest absolute Gasteiger partial charge is 0.394 e. The molecule has 0 unspecified atom stereocenters. The molecule has 0 aromatic heterocycles. The number of ether oxygens (including phenoxy) is 4.